The third kappa shape index (κ3) is 9.80. The summed E-state index contributed by atoms with van der Waals surface area (Å²) in [4.78, 5) is 20.0. The maximum Gasteiger partial charge on any atom is 0.320 e. The van der Waals surface area contributed by atoms with E-state index in [1.807, 2.05) is 5.43 Å². The zero-order valence-electron chi connectivity index (χ0n) is 11.1. The molecule has 20 heavy (non-hydrogen) atoms. The van der Waals surface area contributed by atoms with Gasteiger partial charge in [-0.05, 0) is 31.5 Å². The van der Waals surface area contributed by atoms with Crippen LogP contribution in [0.1, 0.15) is 19.3 Å². The average Bonchev–Trinajstić information content (AvgIpc) is 2.40. The van der Waals surface area contributed by atoms with Gasteiger partial charge >= 0.3 is 5.97 Å². The molecule has 0 fully saturated rings. The summed E-state index contributed by atoms with van der Waals surface area (Å²) in [7, 11) is 0. The lowest BCUT2D eigenvalue weighted by Crippen LogP contribution is -2.29. The highest BCUT2D eigenvalue weighted by Crippen LogP contribution is 2.03. The van der Waals surface area contributed by atoms with Gasteiger partial charge in [0.15, 0.2) is 5.03 Å². The predicted molar refractivity (Wildman–Crippen MR) is 75.6 cm³/mol. The molecule has 0 saturated carbocycles. The van der Waals surface area contributed by atoms with Gasteiger partial charge in [0.25, 0.3) is 0 Å². The summed E-state index contributed by atoms with van der Waals surface area (Å²) in [6.45, 7) is 0.604. The lowest BCUT2D eigenvalue weighted by atomic mass is 10.1. The first-order valence-electron chi connectivity index (χ1n) is 6.12. The van der Waals surface area contributed by atoms with Gasteiger partial charge in [-0.25, -0.2) is 10.1 Å². The third-order valence-electron chi connectivity index (χ3n) is 2.28. The number of nitro groups is 1. The van der Waals surface area contributed by atoms with Crippen LogP contribution in [0.15, 0.2) is 30.3 Å². The van der Waals surface area contributed by atoms with Gasteiger partial charge in [-0.15, -0.1) is 5.43 Å². The lowest BCUT2D eigenvalue weighted by molar-refractivity contribution is -0.445. The fraction of sp³-hybridized carbons (Fsp3) is 0.417. The molecule has 8 heteroatoms. The number of carboxylic acid groups (broad SMARTS) is 1. The quantitative estimate of drug-likeness (QED) is 0.329. The molecule has 0 bridgehead atoms. The van der Waals surface area contributed by atoms with Crippen molar-refractivity contribution >= 4 is 11.7 Å². The van der Waals surface area contributed by atoms with E-state index in [2.05, 4.69) is 0 Å². The molecule has 1 unspecified atom stereocenters. The largest absolute Gasteiger partial charge is 0.480 e. The fourth-order valence-corrected chi connectivity index (χ4v) is 1.25. The Hall–Kier alpha value is -2.19. The van der Waals surface area contributed by atoms with Crippen molar-refractivity contribution in [2.45, 2.75) is 25.3 Å². The number of hydrogen-bond donors (Lipinski definition) is 4. The number of hydrogen-bond acceptors (Lipinski definition) is 5. The highest BCUT2D eigenvalue weighted by atomic mass is 16.7. The topological polar surface area (TPSA) is 145 Å². The van der Waals surface area contributed by atoms with Crippen LogP contribution in [0.2, 0.25) is 0 Å². The maximum absolute atomic E-state index is 10.1. The van der Waals surface area contributed by atoms with Crippen molar-refractivity contribution in [3.63, 3.8) is 0 Å². The Morgan fingerprint density at radius 1 is 1.35 bits per heavy atom. The number of para-hydroxylation sites is 1. The molecule has 0 aliphatic carbocycles. The van der Waals surface area contributed by atoms with E-state index in [1.165, 1.54) is 0 Å². The zero-order valence-corrected chi connectivity index (χ0v) is 11.1. The molecule has 8 nitrogen and oxygen atoms in total. The smallest absolute Gasteiger partial charge is 0.320 e. The fourth-order valence-electron chi connectivity index (χ4n) is 1.25. The number of hydrazine groups is 1. The first kappa shape index (κ1) is 17.8. The molecule has 0 saturated heterocycles. The van der Waals surface area contributed by atoms with Crippen molar-refractivity contribution in [2.24, 2.45) is 11.5 Å². The highest BCUT2D eigenvalue weighted by molar-refractivity contribution is 5.72. The molecular weight excluding hydrogens is 264 g/mol. The minimum absolute atomic E-state index is 0.493. The van der Waals surface area contributed by atoms with Gasteiger partial charge in [0, 0.05) is 0 Å². The molecule has 1 aromatic carbocycles. The second-order valence-electron chi connectivity index (χ2n) is 3.96. The summed E-state index contributed by atoms with van der Waals surface area (Å²) in [6, 6.07) is 7.79. The number of carboxylic acids is 1. The van der Waals surface area contributed by atoms with Crippen molar-refractivity contribution in [3.05, 3.63) is 40.4 Å². The van der Waals surface area contributed by atoms with Crippen molar-refractivity contribution in [2.75, 3.05) is 12.0 Å². The molecule has 0 radical (unpaired) electrons. The lowest BCUT2D eigenvalue weighted by Gasteiger charge is -2.03. The summed E-state index contributed by atoms with van der Waals surface area (Å²) in [5.41, 5.74) is 12.9. The van der Waals surface area contributed by atoms with Crippen LogP contribution in [0.25, 0.3) is 0 Å². The van der Waals surface area contributed by atoms with E-state index in [4.69, 9.17) is 16.6 Å². The van der Waals surface area contributed by atoms with Crippen LogP contribution in [-0.4, -0.2) is 28.7 Å². The van der Waals surface area contributed by atoms with E-state index in [9.17, 15) is 14.9 Å². The first-order chi connectivity index (χ1) is 9.47. The van der Waals surface area contributed by atoms with E-state index >= 15 is 0 Å². The predicted octanol–water partition coefficient (Wildman–Crippen LogP) is 0.818. The molecule has 0 aliphatic rings. The number of nitrogens with zero attached hydrogens (tertiary/aromatic N) is 1. The second kappa shape index (κ2) is 10.7. The van der Waals surface area contributed by atoms with Crippen LogP contribution in [0.4, 0.5) is 5.69 Å². The Balaban J connectivity index is 0.000000361. The first-order valence-corrected chi connectivity index (χ1v) is 6.12. The van der Waals surface area contributed by atoms with Crippen LogP contribution in [0.5, 0.6) is 0 Å². The van der Waals surface area contributed by atoms with Crippen LogP contribution >= 0.6 is 0 Å². The van der Waals surface area contributed by atoms with E-state index < -0.39 is 17.0 Å². The molecule has 0 heterocycles. The average molecular weight is 284 g/mol. The number of unbranched alkanes of at least 4 members (excludes halogenated alkanes) is 1. The third-order valence-corrected chi connectivity index (χ3v) is 2.28. The zero-order chi connectivity index (χ0) is 15.4. The van der Waals surface area contributed by atoms with Gasteiger partial charge in [-0.2, -0.15) is 0 Å². The molecule has 0 spiro atoms. The van der Waals surface area contributed by atoms with Crippen molar-refractivity contribution < 1.29 is 14.9 Å². The number of aliphatic carboxylic acids is 1. The van der Waals surface area contributed by atoms with Crippen LogP contribution in [-0.2, 0) is 4.79 Å². The minimum Gasteiger partial charge on any atom is -0.480 e. The summed E-state index contributed by atoms with van der Waals surface area (Å²) in [5, 5.41) is 17.6. The summed E-state index contributed by atoms with van der Waals surface area (Å²) in [5.74, 6) is -0.933. The van der Waals surface area contributed by atoms with E-state index in [0.717, 1.165) is 12.8 Å². The molecule has 112 valence electrons. The SMILES string of the molecule is NCCCCC(N)C(=O)O.O=[N+]([O-])Nc1ccccc1. The molecule has 1 atom stereocenters. The summed E-state index contributed by atoms with van der Waals surface area (Å²) in [6.07, 6.45) is 2.16. The monoisotopic (exact) mass is 284 g/mol. The Labute approximate surface area is 116 Å². The number of nitrogens with two attached hydrogens (primary N) is 2. The number of rotatable bonds is 7. The molecule has 0 aromatic heterocycles. The van der Waals surface area contributed by atoms with Gasteiger partial charge in [-0.3, -0.25) is 4.79 Å². The molecule has 1 rings (SSSR count). The van der Waals surface area contributed by atoms with Crippen molar-refractivity contribution in [1.82, 2.24) is 0 Å². The van der Waals surface area contributed by atoms with Crippen molar-refractivity contribution in [3.8, 4) is 0 Å². The number of benzene rings is 1. The molecular formula is C12H20N4O4. The molecule has 0 amide bonds. The van der Waals surface area contributed by atoms with Gasteiger partial charge in [0.2, 0.25) is 0 Å². The maximum atomic E-state index is 10.1. The van der Waals surface area contributed by atoms with Crippen LogP contribution in [0, 0.1) is 10.1 Å². The Kier molecular flexibility index (Phi) is 9.53. The number of anilines is 1. The van der Waals surface area contributed by atoms with Gasteiger partial charge < -0.3 is 16.6 Å². The van der Waals surface area contributed by atoms with E-state index in [1.54, 1.807) is 30.3 Å². The standard InChI is InChI=1S/C6H6N2O2.C6H14N2O2/c9-8(10)7-6-4-2-1-3-5-6;7-4-2-1-3-5(8)6(9)10/h1-5,7H;5H,1-4,7-8H2,(H,9,10). The Morgan fingerprint density at radius 3 is 2.40 bits per heavy atom. The highest BCUT2D eigenvalue weighted by Gasteiger charge is 2.09. The summed E-state index contributed by atoms with van der Waals surface area (Å²) >= 11 is 0. The van der Waals surface area contributed by atoms with Crippen molar-refractivity contribution in [1.29, 1.82) is 0 Å². The molecule has 1 aromatic rings. The van der Waals surface area contributed by atoms with Crippen LogP contribution < -0.4 is 16.9 Å². The van der Waals surface area contributed by atoms with Gasteiger partial charge in [-0.1, -0.05) is 24.6 Å². The molecule has 6 N–H and O–H groups in total. The minimum atomic E-state index is -0.933. The van der Waals surface area contributed by atoms with Crippen LogP contribution in [0.3, 0.4) is 0 Å². The van der Waals surface area contributed by atoms with Gasteiger partial charge in [0.05, 0.1) is 0 Å². The van der Waals surface area contributed by atoms with Gasteiger partial charge in [0.1, 0.15) is 11.7 Å². The molecule has 0 aliphatic heterocycles. The Morgan fingerprint density at radius 2 is 1.95 bits per heavy atom. The Bertz CT molecular complexity index is 400. The summed E-state index contributed by atoms with van der Waals surface area (Å²) < 4.78 is 0. The van der Waals surface area contributed by atoms with E-state index in [-0.39, 0.29) is 0 Å². The normalized spacial score (nSPS) is 10.9. The number of nitrogens with one attached hydrogen (secondary N) is 1. The van der Waals surface area contributed by atoms with E-state index in [0.29, 0.717) is 18.7 Å². The second-order valence-corrected chi connectivity index (χ2v) is 3.96. The number of carbonyl (C=O) groups is 1.